The predicted octanol–water partition coefficient (Wildman–Crippen LogP) is 4.49. The van der Waals surface area contributed by atoms with Crippen LogP contribution in [-0.2, 0) is 0 Å². The maximum atomic E-state index is 12.9. The Morgan fingerprint density at radius 1 is 1.13 bits per heavy atom. The highest BCUT2D eigenvalue weighted by molar-refractivity contribution is 6.39. The van der Waals surface area contributed by atoms with Crippen LogP contribution in [0, 0.1) is 5.82 Å². The molecule has 1 fully saturated rings. The van der Waals surface area contributed by atoms with Crippen LogP contribution in [0.4, 0.5) is 10.1 Å². The van der Waals surface area contributed by atoms with Gasteiger partial charge in [0.25, 0.3) is 0 Å². The van der Waals surface area contributed by atoms with Gasteiger partial charge in [0.2, 0.25) is 0 Å². The second-order valence-corrected chi connectivity index (χ2v) is 4.68. The molecular formula is C11H12Cl2FN. The van der Waals surface area contributed by atoms with Gasteiger partial charge in [-0.15, -0.1) is 0 Å². The van der Waals surface area contributed by atoms with Gasteiger partial charge in [-0.05, 0) is 25.0 Å². The molecule has 0 atom stereocenters. The number of rotatable bonds is 2. The van der Waals surface area contributed by atoms with E-state index >= 15 is 0 Å². The Hall–Kier alpha value is -0.470. The number of halogens is 3. The zero-order valence-electron chi connectivity index (χ0n) is 8.19. The minimum atomic E-state index is -0.401. The molecule has 0 radical (unpaired) electrons. The van der Waals surface area contributed by atoms with E-state index in [9.17, 15) is 4.39 Å². The molecule has 82 valence electrons. The lowest BCUT2D eigenvalue weighted by atomic mass is 10.2. The largest absolute Gasteiger partial charge is 0.380 e. The van der Waals surface area contributed by atoms with Gasteiger partial charge >= 0.3 is 0 Å². The second kappa shape index (κ2) is 4.58. The van der Waals surface area contributed by atoms with Crippen LogP contribution in [0.15, 0.2) is 12.1 Å². The van der Waals surface area contributed by atoms with Crippen LogP contribution < -0.4 is 5.32 Å². The van der Waals surface area contributed by atoms with Gasteiger partial charge < -0.3 is 5.32 Å². The molecule has 0 aromatic heterocycles. The van der Waals surface area contributed by atoms with Gasteiger partial charge in [0, 0.05) is 6.04 Å². The number of nitrogens with one attached hydrogen (secondary N) is 1. The number of hydrogen-bond acceptors (Lipinski definition) is 1. The van der Waals surface area contributed by atoms with Crippen molar-refractivity contribution in [3.05, 3.63) is 28.0 Å². The summed E-state index contributed by atoms with van der Waals surface area (Å²) in [5.41, 5.74) is 0.659. The lowest BCUT2D eigenvalue weighted by molar-refractivity contribution is 0.628. The summed E-state index contributed by atoms with van der Waals surface area (Å²) in [5, 5.41) is 3.98. The van der Waals surface area contributed by atoms with Crippen molar-refractivity contribution in [2.24, 2.45) is 0 Å². The van der Waals surface area contributed by atoms with E-state index in [2.05, 4.69) is 5.32 Å². The van der Waals surface area contributed by atoms with E-state index in [0.29, 0.717) is 21.8 Å². The minimum absolute atomic E-state index is 0.354. The standard InChI is InChI=1S/C11H12Cl2FN/c12-9-5-7(14)6-10(13)11(9)15-8-3-1-2-4-8/h5-6,8,15H,1-4H2. The molecule has 15 heavy (non-hydrogen) atoms. The van der Waals surface area contributed by atoms with Crippen LogP contribution in [0.2, 0.25) is 10.0 Å². The average Bonchev–Trinajstić information content (AvgIpc) is 2.63. The van der Waals surface area contributed by atoms with Crippen LogP contribution in [0.25, 0.3) is 0 Å². The van der Waals surface area contributed by atoms with Gasteiger partial charge in [-0.2, -0.15) is 0 Å². The van der Waals surface area contributed by atoms with Gasteiger partial charge in [-0.3, -0.25) is 0 Å². The molecule has 0 aliphatic heterocycles. The third kappa shape index (κ3) is 2.56. The highest BCUT2D eigenvalue weighted by Crippen LogP contribution is 2.34. The van der Waals surface area contributed by atoms with E-state index in [1.807, 2.05) is 0 Å². The first-order chi connectivity index (χ1) is 7.16. The van der Waals surface area contributed by atoms with Gasteiger partial charge in [0.1, 0.15) is 5.82 Å². The van der Waals surface area contributed by atoms with Crippen molar-refractivity contribution in [3.8, 4) is 0 Å². The molecule has 0 bridgehead atoms. The van der Waals surface area contributed by atoms with Gasteiger partial charge in [-0.25, -0.2) is 4.39 Å². The summed E-state index contributed by atoms with van der Waals surface area (Å²) in [6.45, 7) is 0. The van der Waals surface area contributed by atoms with Crippen LogP contribution in [0.3, 0.4) is 0 Å². The summed E-state index contributed by atoms with van der Waals surface area (Å²) in [6.07, 6.45) is 4.72. The van der Waals surface area contributed by atoms with E-state index in [-0.39, 0.29) is 0 Å². The molecular weight excluding hydrogens is 236 g/mol. The molecule has 0 amide bonds. The first-order valence-electron chi connectivity index (χ1n) is 5.08. The Morgan fingerprint density at radius 2 is 1.67 bits per heavy atom. The van der Waals surface area contributed by atoms with Crippen molar-refractivity contribution in [1.29, 1.82) is 0 Å². The molecule has 1 aromatic carbocycles. The maximum absolute atomic E-state index is 12.9. The van der Waals surface area contributed by atoms with Crippen molar-refractivity contribution >= 4 is 28.9 Å². The molecule has 1 N–H and O–H groups in total. The number of hydrogen-bond donors (Lipinski definition) is 1. The topological polar surface area (TPSA) is 12.0 Å². The van der Waals surface area contributed by atoms with E-state index in [1.54, 1.807) is 0 Å². The fourth-order valence-electron chi connectivity index (χ4n) is 1.95. The SMILES string of the molecule is Fc1cc(Cl)c(NC2CCCC2)c(Cl)c1. The minimum Gasteiger partial charge on any atom is -0.380 e. The first-order valence-corrected chi connectivity index (χ1v) is 5.83. The van der Waals surface area contributed by atoms with Crippen molar-refractivity contribution in [2.45, 2.75) is 31.7 Å². The molecule has 1 aliphatic carbocycles. The molecule has 1 aromatic rings. The van der Waals surface area contributed by atoms with Crippen molar-refractivity contribution in [3.63, 3.8) is 0 Å². The summed E-state index contributed by atoms with van der Waals surface area (Å²) in [4.78, 5) is 0. The van der Waals surface area contributed by atoms with Crippen LogP contribution in [-0.4, -0.2) is 6.04 Å². The van der Waals surface area contributed by atoms with Crippen molar-refractivity contribution in [1.82, 2.24) is 0 Å². The van der Waals surface area contributed by atoms with Crippen molar-refractivity contribution in [2.75, 3.05) is 5.32 Å². The Labute approximate surface area is 98.6 Å². The Kier molecular flexibility index (Phi) is 3.37. The molecule has 1 nitrogen and oxygen atoms in total. The van der Waals surface area contributed by atoms with E-state index < -0.39 is 5.82 Å². The average molecular weight is 248 g/mol. The summed E-state index contributed by atoms with van der Waals surface area (Å²) < 4.78 is 12.9. The normalized spacial score (nSPS) is 17.0. The summed E-state index contributed by atoms with van der Waals surface area (Å²) in [5.74, 6) is -0.401. The zero-order valence-corrected chi connectivity index (χ0v) is 9.71. The van der Waals surface area contributed by atoms with E-state index in [4.69, 9.17) is 23.2 Å². The summed E-state index contributed by atoms with van der Waals surface area (Å²) in [6, 6.07) is 2.99. The Morgan fingerprint density at radius 3 is 2.20 bits per heavy atom. The lowest BCUT2D eigenvalue weighted by Gasteiger charge is -2.16. The molecule has 0 heterocycles. The smallest absolute Gasteiger partial charge is 0.126 e. The van der Waals surface area contributed by atoms with Gasteiger partial charge in [-0.1, -0.05) is 36.0 Å². The molecule has 0 unspecified atom stereocenters. The molecule has 2 rings (SSSR count). The molecule has 1 saturated carbocycles. The van der Waals surface area contributed by atoms with Crippen LogP contribution in [0.5, 0.6) is 0 Å². The third-order valence-corrected chi connectivity index (χ3v) is 3.31. The second-order valence-electron chi connectivity index (χ2n) is 3.87. The fourth-order valence-corrected chi connectivity index (χ4v) is 2.52. The maximum Gasteiger partial charge on any atom is 0.126 e. The van der Waals surface area contributed by atoms with Gasteiger partial charge in [0.15, 0.2) is 0 Å². The highest BCUT2D eigenvalue weighted by atomic mass is 35.5. The Bertz CT molecular complexity index is 339. The number of benzene rings is 1. The predicted molar refractivity (Wildman–Crippen MR) is 62.3 cm³/mol. The lowest BCUT2D eigenvalue weighted by Crippen LogP contribution is -2.15. The van der Waals surface area contributed by atoms with Gasteiger partial charge in [0.05, 0.1) is 15.7 Å². The van der Waals surface area contributed by atoms with E-state index in [1.165, 1.54) is 25.0 Å². The monoisotopic (exact) mass is 247 g/mol. The van der Waals surface area contributed by atoms with Crippen molar-refractivity contribution < 1.29 is 4.39 Å². The quantitative estimate of drug-likeness (QED) is 0.813. The third-order valence-electron chi connectivity index (χ3n) is 2.71. The molecule has 4 heteroatoms. The first kappa shape index (κ1) is 11.0. The summed E-state index contributed by atoms with van der Waals surface area (Å²) >= 11 is 11.9. The Balaban J connectivity index is 2.19. The van der Waals surface area contributed by atoms with Crippen LogP contribution in [0.1, 0.15) is 25.7 Å². The summed E-state index contributed by atoms with van der Waals surface area (Å²) in [7, 11) is 0. The number of anilines is 1. The highest BCUT2D eigenvalue weighted by Gasteiger charge is 2.17. The van der Waals surface area contributed by atoms with Crippen LogP contribution >= 0.6 is 23.2 Å². The zero-order chi connectivity index (χ0) is 10.8. The molecule has 1 aliphatic rings. The van der Waals surface area contributed by atoms with E-state index in [0.717, 1.165) is 12.8 Å². The fraction of sp³-hybridized carbons (Fsp3) is 0.455. The molecule has 0 saturated heterocycles. The molecule has 0 spiro atoms.